The van der Waals surface area contributed by atoms with Crippen LogP contribution in [-0.4, -0.2) is 17.0 Å². The van der Waals surface area contributed by atoms with Gasteiger partial charge >= 0.3 is 5.97 Å². The summed E-state index contributed by atoms with van der Waals surface area (Å²) in [5.41, 5.74) is 3.95. The molecule has 29 heavy (non-hydrogen) atoms. The van der Waals surface area contributed by atoms with E-state index in [4.69, 9.17) is 21.4 Å². The maximum Gasteiger partial charge on any atom is 0.338 e. The molecule has 0 unspecified atom stereocenters. The third-order valence-corrected chi connectivity index (χ3v) is 4.80. The zero-order valence-electron chi connectivity index (χ0n) is 15.8. The smallest absolute Gasteiger partial charge is 0.338 e. The number of aliphatic hydroxyl groups excluding tert-OH is 1. The molecule has 5 nitrogen and oxygen atoms in total. The van der Waals surface area contributed by atoms with Crippen LogP contribution in [0.4, 0.5) is 5.69 Å². The summed E-state index contributed by atoms with van der Waals surface area (Å²) in [5, 5.41) is 12.5. The summed E-state index contributed by atoms with van der Waals surface area (Å²) in [4.78, 5) is 24.5. The van der Waals surface area contributed by atoms with E-state index in [1.807, 2.05) is 6.92 Å². The fourth-order valence-electron chi connectivity index (χ4n) is 2.66. The maximum atomic E-state index is 12.4. The van der Waals surface area contributed by atoms with Gasteiger partial charge in [0.2, 0.25) is 0 Å². The Bertz CT molecular complexity index is 1010. The number of benzene rings is 3. The highest BCUT2D eigenvalue weighted by atomic mass is 35.5. The predicted octanol–water partition coefficient (Wildman–Crippen LogP) is 4.75. The molecule has 0 radical (unpaired) electrons. The lowest BCUT2D eigenvalue weighted by atomic mass is 10.1. The lowest BCUT2D eigenvalue weighted by Gasteiger charge is -2.08. The molecule has 6 heteroatoms. The molecule has 3 aromatic carbocycles. The number of aryl methyl sites for hydroxylation is 1. The Morgan fingerprint density at radius 1 is 0.931 bits per heavy atom. The highest BCUT2D eigenvalue weighted by molar-refractivity contribution is 6.31. The number of aliphatic hydroxyl groups is 1. The summed E-state index contributed by atoms with van der Waals surface area (Å²) in [7, 11) is 0. The van der Waals surface area contributed by atoms with Gasteiger partial charge in [-0.25, -0.2) is 4.79 Å². The highest BCUT2D eigenvalue weighted by Gasteiger charge is 2.09. The molecular formula is C23H20ClNO4. The molecule has 0 aromatic heterocycles. The van der Waals surface area contributed by atoms with Crippen LogP contribution < -0.4 is 5.32 Å². The van der Waals surface area contributed by atoms with Crippen molar-refractivity contribution in [3.05, 3.63) is 99.6 Å². The van der Waals surface area contributed by atoms with E-state index in [1.165, 1.54) is 0 Å². The van der Waals surface area contributed by atoms with E-state index >= 15 is 0 Å². The van der Waals surface area contributed by atoms with Gasteiger partial charge in [0.1, 0.15) is 6.61 Å². The van der Waals surface area contributed by atoms with Crippen molar-refractivity contribution < 1.29 is 19.4 Å². The van der Waals surface area contributed by atoms with Crippen LogP contribution in [0.15, 0.2) is 66.7 Å². The van der Waals surface area contributed by atoms with Gasteiger partial charge in [0, 0.05) is 16.3 Å². The second kappa shape index (κ2) is 9.37. The van der Waals surface area contributed by atoms with Crippen LogP contribution in [0, 0.1) is 6.92 Å². The van der Waals surface area contributed by atoms with Crippen molar-refractivity contribution in [2.45, 2.75) is 20.1 Å². The molecule has 2 N–H and O–H groups in total. The number of carbonyl (C=O) groups is 2. The Kier molecular flexibility index (Phi) is 6.65. The number of esters is 1. The van der Waals surface area contributed by atoms with Crippen molar-refractivity contribution in [1.82, 2.24) is 0 Å². The summed E-state index contributed by atoms with van der Waals surface area (Å²) in [6.45, 7) is 1.89. The summed E-state index contributed by atoms with van der Waals surface area (Å²) >= 11 is 6.00. The van der Waals surface area contributed by atoms with Crippen LogP contribution in [0.3, 0.4) is 0 Å². The van der Waals surface area contributed by atoms with Crippen LogP contribution in [-0.2, 0) is 18.0 Å². The highest BCUT2D eigenvalue weighted by Crippen LogP contribution is 2.20. The predicted molar refractivity (Wildman–Crippen MR) is 112 cm³/mol. The molecule has 0 aliphatic rings. The Labute approximate surface area is 173 Å². The van der Waals surface area contributed by atoms with Gasteiger partial charge in [-0.15, -0.1) is 0 Å². The van der Waals surface area contributed by atoms with E-state index < -0.39 is 5.97 Å². The fourth-order valence-corrected chi connectivity index (χ4v) is 2.77. The number of nitrogens with one attached hydrogen (secondary N) is 1. The largest absolute Gasteiger partial charge is 0.457 e. The molecule has 1 amide bonds. The Hall–Kier alpha value is -3.15. The summed E-state index contributed by atoms with van der Waals surface area (Å²) < 4.78 is 5.29. The van der Waals surface area contributed by atoms with Crippen molar-refractivity contribution in [1.29, 1.82) is 0 Å². The Balaban J connectivity index is 1.56. The zero-order chi connectivity index (χ0) is 20.8. The quantitative estimate of drug-likeness (QED) is 0.576. The average Bonchev–Trinajstić information content (AvgIpc) is 2.75. The number of anilines is 1. The van der Waals surface area contributed by atoms with Crippen molar-refractivity contribution in [2.24, 2.45) is 0 Å². The third kappa shape index (κ3) is 5.44. The van der Waals surface area contributed by atoms with E-state index in [0.29, 0.717) is 21.8 Å². The lowest BCUT2D eigenvalue weighted by molar-refractivity contribution is 0.0472. The van der Waals surface area contributed by atoms with Gasteiger partial charge in [-0.05, 0) is 66.1 Å². The minimum Gasteiger partial charge on any atom is -0.457 e. The molecule has 0 aliphatic carbocycles. The number of rotatable bonds is 6. The lowest BCUT2D eigenvalue weighted by Crippen LogP contribution is -2.12. The number of hydrogen-bond donors (Lipinski definition) is 2. The van der Waals surface area contributed by atoms with Gasteiger partial charge in [-0.1, -0.05) is 35.9 Å². The number of halogens is 1. The number of ether oxygens (including phenoxy) is 1. The standard InChI is InChI=1S/C23H20ClNO4/c1-15-12-20(10-11-21(15)24)25-22(27)18-6-4-17(5-7-18)14-29-23(28)19-8-2-16(13-26)3-9-19/h2-12,26H,13-14H2,1H3,(H,25,27). The number of amides is 1. The van der Waals surface area contributed by atoms with Crippen molar-refractivity contribution >= 4 is 29.2 Å². The third-order valence-electron chi connectivity index (χ3n) is 4.37. The van der Waals surface area contributed by atoms with Gasteiger partial charge in [-0.3, -0.25) is 4.79 Å². The van der Waals surface area contributed by atoms with Crippen molar-refractivity contribution in [3.8, 4) is 0 Å². The average molecular weight is 410 g/mol. The van der Waals surface area contributed by atoms with Crippen LogP contribution in [0.5, 0.6) is 0 Å². The van der Waals surface area contributed by atoms with Gasteiger partial charge in [-0.2, -0.15) is 0 Å². The van der Waals surface area contributed by atoms with Crippen LogP contribution in [0.2, 0.25) is 5.02 Å². The van der Waals surface area contributed by atoms with Crippen LogP contribution in [0.25, 0.3) is 0 Å². The first kappa shape index (κ1) is 20.6. The first-order chi connectivity index (χ1) is 14.0. The SMILES string of the molecule is Cc1cc(NC(=O)c2ccc(COC(=O)c3ccc(CO)cc3)cc2)ccc1Cl. The van der Waals surface area contributed by atoms with Gasteiger partial charge in [0.25, 0.3) is 5.91 Å². The Morgan fingerprint density at radius 2 is 1.55 bits per heavy atom. The molecule has 0 aliphatic heterocycles. The van der Waals surface area contributed by atoms with E-state index in [2.05, 4.69) is 5.32 Å². The van der Waals surface area contributed by atoms with Crippen LogP contribution >= 0.6 is 11.6 Å². The molecule has 3 rings (SSSR count). The molecule has 0 spiro atoms. The monoisotopic (exact) mass is 409 g/mol. The minimum absolute atomic E-state index is 0.0765. The van der Waals surface area contributed by atoms with E-state index in [1.54, 1.807) is 66.7 Å². The summed E-state index contributed by atoms with van der Waals surface area (Å²) in [5.74, 6) is -0.686. The molecule has 0 atom stereocenters. The first-order valence-corrected chi connectivity index (χ1v) is 9.37. The summed E-state index contributed by atoms with van der Waals surface area (Å²) in [6.07, 6.45) is 0. The van der Waals surface area contributed by atoms with E-state index in [0.717, 1.165) is 16.7 Å². The van der Waals surface area contributed by atoms with Gasteiger partial charge in [0.05, 0.1) is 12.2 Å². The van der Waals surface area contributed by atoms with Gasteiger partial charge in [0.15, 0.2) is 0 Å². The first-order valence-electron chi connectivity index (χ1n) is 8.99. The minimum atomic E-state index is -0.450. The fraction of sp³-hybridized carbons (Fsp3) is 0.130. The molecule has 148 valence electrons. The zero-order valence-corrected chi connectivity index (χ0v) is 16.6. The summed E-state index contributed by atoms with van der Waals surface area (Å²) in [6, 6.07) is 18.7. The van der Waals surface area contributed by atoms with Crippen molar-refractivity contribution in [2.75, 3.05) is 5.32 Å². The number of hydrogen-bond acceptors (Lipinski definition) is 4. The second-order valence-corrected chi connectivity index (χ2v) is 6.95. The maximum absolute atomic E-state index is 12.4. The molecular weight excluding hydrogens is 390 g/mol. The topological polar surface area (TPSA) is 75.6 Å². The molecule has 3 aromatic rings. The molecule has 0 bridgehead atoms. The normalized spacial score (nSPS) is 10.4. The van der Waals surface area contributed by atoms with E-state index in [9.17, 15) is 9.59 Å². The van der Waals surface area contributed by atoms with Gasteiger partial charge < -0.3 is 15.2 Å². The molecule has 0 fully saturated rings. The Morgan fingerprint density at radius 3 is 2.17 bits per heavy atom. The number of carbonyl (C=O) groups excluding carboxylic acids is 2. The molecule has 0 saturated heterocycles. The van der Waals surface area contributed by atoms with Crippen molar-refractivity contribution in [3.63, 3.8) is 0 Å². The molecule has 0 heterocycles. The molecule has 0 saturated carbocycles. The van der Waals surface area contributed by atoms with E-state index in [-0.39, 0.29) is 19.1 Å². The van der Waals surface area contributed by atoms with Crippen LogP contribution in [0.1, 0.15) is 37.4 Å². The second-order valence-electron chi connectivity index (χ2n) is 6.55.